The van der Waals surface area contributed by atoms with Crippen LogP contribution in [-0.4, -0.2) is 71.4 Å². The van der Waals surface area contributed by atoms with E-state index in [1.54, 1.807) is 18.3 Å². The first-order chi connectivity index (χ1) is 15.8. The van der Waals surface area contributed by atoms with Crippen LogP contribution < -0.4 is 5.32 Å². The van der Waals surface area contributed by atoms with Crippen molar-refractivity contribution in [2.75, 3.05) is 13.1 Å². The Hall–Kier alpha value is -3.05. The monoisotopic (exact) mass is 474 g/mol. The van der Waals surface area contributed by atoms with E-state index in [4.69, 9.17) is 4.42 Å². The number of amides is 2. The summed E-state index contributed by atoms with van der Waals surface area (Å²) < 4.78 is 32.3. The van der Waals surface area contributed by atoms with Crippen molar-refractivity contribution in [1.82, 2.24) is 19.5 Å². The van der Waals surface area contributed by atoms with Gasteiger partial charge in [-0.3, -0.25) is 19.4 Å². The minimum absolute atomic E-state index is 0.251. The van der Waals surface area contributed by atoms with Gasteiger partial charge in [0.25, 0.3) is 5.91 Å². The number of rotatable bonds is 8. The quantitative estimate of drug-likeness (QED) is 0.603. The van der Waals surface area contributed by atoms with Gasteiger partial charge in [-0.1, -0.05) is 19.4 Å². The van der Waals surface area contributed by atoms with Crippen LogP contribution in [0.4, 0.5) is 0 Å². The number of carbonyl (C=O) groups excluding carboxylic acids is 3. The van der Waals surface area contributed by atoms with Crippen molar-refractivity contribution in [3.05, 3.63) is 54.2 Å². The first kappa shape index (κ1) is 23.1. The number of aromatic nitrogens is 1. The average molecular weight is 475 g/mol. The minimum Gasteiger partial charge on any atom is -0.472 e. The van der Waals surface area contributed by atoms with Crippen LogP contribution in [0.2, 0.25) is 0 Å². The Bertz CT molecular complexity index is 1120. The lowest BCUT2D eigenvalue weighted by Gasteiger charge is -2.28. The second-order valence-corrected chi connectivity index (χ2v) is 10.2. The van der Waals surface area contributed by atoms with E-state index in [-0.39, 0.29) is 30.5 Å². The maximum Gasteiger partial charge on any atom is 0.255 e. The SMILES string of the molecule is CCCC(NC(=O)c1ccoc1)C(=O)N1CCC2C1C(=O)CN2S(=O)(=O)Cc1cccnc1. The fourth-order valence-corrected chi connectivity index (χ4v) is 6.26. The molecule has 4 heterocycles. The van der Waals surface area contributed by atoms with Crippen LogP contribution in [0.5, 0.6) is 0 Å². The molecule has 2 aliphatic rings. The molecule has 0 spiro atoms. The fraction of sp³-hybridized carbons (Fsp3) is 0.455. The van der Waals surface area contributed by atoms with Crippen molar-refractivity contribution in [3.8, 4) is 0 Å². The highest BCUT2D eigenvalue weighted by Gasteiger charge is 2.54. The minimum atomic E-state index is -3.77. The first-order valence-electron chi connectivity index (χ1n) is 10.9. The molecule has 4 rings (SSSR count). The summed E-state index contributed by atoms with van der Waals surface area (Å²) in [6.45, 7) is 1.88. The number of hydrogen-bond donors (Lipinski definition) is 1. The number of nitrogens with one attached hydrogen (secondary N) is 1. The molecule has 176 valence electrons. The molecule has 2 aromatic heterocycles. The largest absolute Gasteiger partial charge is 0.472 e. The second kappa shape index (κ2) is 9.44. The van der Waals surface area contributed by atoms with Gasteiger partial charge in [0, 0.05) is 18.9 Å². The second-order valence-electron chi connectivity index (χ2n) is 8.29. The highest BCUT2D eigenvalue weighted by atomic mass is 32.2. The van der Waals surface area contributed by atoms with E-state index in [9.17, 15) is 22.8 Å². The van der Waals surface area contributed by atoms with Gasteiger partial charge >= 0.3 is 0 Å². The molecular weight excluding hydrogens is 448 g/mol. The summed E-state index contributed by atoms with van der Waals surface area (Å²) >= 11 is 0. The summed E-state index contributed by atoms with van der Waals surface area (Å²) in [6, 6.07) is 2.57. The normalized spacial score (nSPS) is 21.7. The third-order valence-corrected chi connectivity index (χ3v) is 7.87. The van der Waals surface area contributed by atoms with Crippen LogP contribution in [0.3, 0.4) is 0 Å². The number of carbonyl (C=O) groups is 3. The van der Waals surface area contributed by atoms with E-state index < -0.39 is 34.1 Å². The molecule has 0 bridgehead atoms. The Labute approximate surface area is 192 Å². The number of nitrogens with zero attached hydrogens (tertiary/aromatic N) is 3. The van der Waals surface area contributed by atoms with Crippen LogP contribution in [-0.2, 0) is 25.4 Å². The number of pyridine rings is 1. The van der Waals surface area contributed by atoms with E-state index in [1.807, 2.05) is 6.92 Å². The third kappa shape index (κ3) is 4.69. The zero-order valence-electron chi connectivity index (χ0n) is 18.2. The predicted octanol–water partition coefficient (Wildman–Crippen LogP) is 0.957. The van der Waals surface area contributed by atoms with E-state index >= 15 is 0 Å². The summed E-state index contributed by atoms with van der Waals surface area (Å²) in [7, 11) is -3.77. The van der Waals surface area contributed by atoms with Gasteiger partial charge in [0.2, 0.25) is 15.9 Å². The standard InChI is InChI=1S/C22H26N4O6S/c1-2-4-17(24-21(28)16-7-10-32-13-16)22(29)25-9-6-18-20(25)19(27)12-26(18)33(30,31)14-15-5-3-8-23-11-15/h3,5,7-8,10-11,13,17-18,20H,2,4,6,9,12,14H2,1H3,(H,24,28). The van der Waals surface area contributed by atoms with Gasteiger partial charge in [0.05, 0.1) is 30.2 Å². The summed E-state index contributed by atoms with van der Waals surface area (Å²) in [5.74, 6) is -1.38. The van der Waals surface area contributed by atoms with Crippen molar-refractivity contribution in [3.63, 3.8) is 0 Å². The van der Waals surface area contributed by atoms with Crippen molar-refractivity contribution >= 4 is 27.6 Å². The van der Waals surface area contributed by atoms with Crippen LogP contribution in [0, 0.1) is 0 Å². The molecular formula is C22H26N4O6S. The fourth-order valence-electron chi connectivity index (χ4n) is 4.54. The number of furan rings is 1. The van der Waals surface area contributed by atoms with Gasteiger partial charge in [-0.05, 0) is 30.5 Å². The molecule has 0 aliphatic carbocycles. The number of hydrogen-bond acceptors (Lipinski definition) is 7. The number of fused-ring (bicyclic) bond motifs is 1. The molecule has 0 radical (unpaired) electrons. The van der Waals surface area contributed by atoms with Gasteiger partial charge < -0.3 is 14.6 Å². The molecule has 2 amide bonds. The van der Waals surface area contributed by atoms with Crippen LogP contribution in [0.1, 0.15) is 42.1 Å². The zero-order valence-corrected chi connectivity index (χ0v) is 19.0. The summed E-state index contributed by atoms with van der Waals surface area (Å²) in [5.41, 5.74) is 0.831. The molecule has 2 saturated heterocycles. The Morgan fingerprint density at radius 1 is 1.33 bits per heavy atom. The lowest BCUT2D eigenvalue weighted by atomic mass is 10.1. The van der Waals surface area contributed by atoms with E-state index in [1.165, 1.54) is 34.0 Å². The molecule has 3 atom stereocenters. The van der Waals surface area contributed by atoms with Gasteiger partial charge in [-0.25, -0.2) is 8.42 Å². The van der Waals surface area contributed by atoms with Gasteiger partial charge in [-0.2, -0.15) is 4.31 Å². The lowest BCUT2D eigenvalue weighted by molar-refractivity contribution is -0.138. The number of ketones is 1. The topological polar surface area (TPSA) is 130 Å². The van der Waals surface area contributed by atoms with E-state index in [0.29, 0.717) is 30.4 Å². The third-order valence-electron chi connectivity index (χ3n) is 6.05. The maximum atomic E-state index is 13.3. The summed E-state index contributed by atoms with van der Waals surface area (Å²) in [5, 5.41) is 2.73. The highest BCUT2D eigenvalue weighted by molar-refractivity contribution is 7.88. The maximum absolute atomic E-state index is 13.3. The molecule has 2 aliphatic heterocycles. The average Bonchev–Trinajstić information content (AvgIpc) is 3.52. The molecule has 2 aromatic rings. The van der Waals surface area contributed by atoms with Gasteiger partial charge in [0.1, 0.15) is 18.3 Å². The highest BCUT2D eigenvalue weighted by Crippen LogP contribution is 2.33. The van der Waals surface area contributed by atoms with Crippen molar-refractivity contribution in [1.29, 1.82) is 0 Å². The molecule has 3 unspecified atom stereocenters. The van der Waals surface area contributed by atoms with Crippen molar-refractivity contribution in [2.45, 2.75) is 50.1 Å². The lowest BCUT2D eigenvalue weighted by Crippen LogP contribution is -2.52. The Kier molecular flexibility index (Phi) is 6.61. The van der Waals surface area contributed by atoms with Crippen molar-refractivity contribution < 1.29 is 27.2 Å². The van der Waals surface area contributed by atoms with Gasteiger partial charge in [0.15, 0.2) is 5.78 Å². The molecule has 2 fully saturated rings. The molecule has 11 heteroatoms. The molecule has 0 aromatic carbocycles. The van der Waals surface area contributed by atoms with Crippen LogP contribution in [0.25, 0.3) is 0 Å². The van der Waals surface area contributed by atoms with Gasteiger partial charge in [-0.15, -0.1) is 0 Å². The van der Waals surface area contributed by atoms with Crippen molar-refractivity contribution in [2.24, 2.45) is 0 Å². The van der Waals surface area contributed by atoms with E-state index in [0.717, 1.165) is 0 Å². The Balaban J connectivity index is 1.49. The Morgan fingerprint density at radius 3 is 2.82 bits per heavy atom. The summed E-state index contributed by atoms with van der Waals surface area (Å²) in [6.07, 6.45) is 7.11. The molecule has 33 heavy (non-hydrogen) atoms. The Morgan fingerprint density at radius 2 is 2.15 bits per heavy atom. The molecule has 0 saturated carbocycles. The van der Waals surface area contributed by atoms with Crippen LogP contribution in [0.15, 0.2) is 47.5 Å². The number of likely N-dealkylation sites (tertiary alicyclic amines) is 1. The smallest absolute Gasteiger partial charge is 0.255 e. The molecule has 10 nitrogen and oxygen atoms in total. The number of sulfonamides is 1. The predicted molar refractivity (Wildman–Crippen MR) is 117 cm³/mol. The first-order valence-corrected chi connectivity index (χ1v) is 12.5. The number of Topliss-reactive ketones (excluding diaryl/α,β-unsaturated/α-hetero) is 1. The molecule has 1 N–H and O–H groups in total. The van der Waals surface area contributed by atoms with E-state index in [2.05, 4.69) is 10.3 Å². The summed E-state index contributed by atoms with van der Waals surface area (Å²) in [4.78, 5) is 44.0. The zero-order chi connectivity index (χ0) is 23.6. The van der Waals surface area contributed by atoms with Crippen LogP contribution >= 0.6 is 0 Å².